The van der Waals surface area contributed by atoms with Crippen LogP contribution in [0.25, 0.3) is 0 Å². The molecule has 0 aliphatic heterocycles. The van der Waals surface area contributed by atoms with Crippen molar-refractivity contribution in [2.75, 3.05) is 12.4 Å². The largest absolute Gasteiger partial charge is 0.370 e. The zero-order valence-corrected chi connectivity index (χ0v) is 18.4. The Bertz CT molecular complexity index is 711. The van der Waals surface area contributed by atoms with Gasteiger partial charge < -0.3 is 11.1 Å². The van der Waals surface area contributed by atoms with Crippen molar-refractivity contribution in [3.63, 3.8) is 0 Å². The number of hydrogen-bond donors (Lipinski definition) is 2. The minimum atomic E-state index is 0. The Morgan fingerprint density at radius 3 is 2.33 bits per heavy atom. The molecule has 0 aromatic heterocycles. The van der Waals surface area contributed by atoms with Crippen LogP contribution in [0.5, 0.6) is 0 Å². The van der Waals surface area contributed by atoms with Crippen molar-refractivity contribution in [2.24, 2.45) is 10.7 Å². The van der Waals surface area contributed by atoms with E-state index in [0.717, 1.165) is 12.2 Å². The summed E-state index contributed by atoms with van der Waals surface area (Å²) >= 11 is 0. The van der Waals surface area contributed by atoms with E-state index in [1.165, 1.54) is 43.2 Å². The van der Waals surface area contributed by atoms with Gasteiger partial charge in [-0.25, -0.2) is 4.99 Å². The molecule has 0 amide bonds. The van der Waals surface area contributed by atoms with Crippen LogP contribution >= 0.6 is 24.0 Å². The van der Waals surface area contributed by atoms with Gasteiger partial charge in [0.05, 0.1) is 6.54 Å². The van der Waals surface area contributed by atoms with Crippen LogP contribution in [-0.4, -0.2) is 23.9 Å². The Hall–Kier alpha value is -1.60. The maximum absolute atomic E-state index is 6.05. The Kier molecular flexibility index (Phi) is 9.07. The van der Waals surface area contributed by atoms with Crippen LogP contribution in [0, 0.1) is 0 Å². The number of hydrogen-bond acceptors (Lipinski definition) is 2. The summed E-state index contributed by atoms with van der Waals surface area (Å²) < 4.78 is 0. The van der Waals surface area contributed by atoms with Crippen LogP contribution in [-0.2, 0) is 13.1 Å². The van der Waals surface area contributed by atoms with Crippen LogP contribution in [0.15, 0.2) is 59.6 Å². The number of para-hydroxylation sites is 1. The first-order valence-electron chi connectivity index (χ1n) is 9.61. The zero-order valence-electron chi connectivity index (χ0n) is 16.1. The van der Waals surface area contributed by atoms with Crippen molar-refractivity contribution in [1.29, 1.82) is 0 Å². The van der Waals surface area contributed by atoms with Crippen molar-refractivity contribution in [3.8, 4) is 0 Å². The Morgan fingerprint density at radius 2 is 1.63 bits per heavy atom. The molecule has 0 saturated heterocycles. The predicted molar refractivity (Wildman–Crippen MR) is 126 cm³/mol. The van der Waals surface area contributed by atoms with Gasteiger partial charge in [0.1, 0.15) is 0 Å². The number of nitrogens with zero attached hydrogens (tertiary/aromatic N) is 2. The van der Waals surface area contributed by atoms with Gasteiger partial charge in [-0.05, 0) is 43.1 Å². The molecule has 1 aliphatic carbocycles. The average Bonchev–Trinajstić information content (AvgIpc) is 2.69. The predicted octanol–water partition coefficient (Wildman–Crippen LogP) is 5.00. The van der Waals surface area contributed by atoms with E-state index in [1.54, 1.807) is 0 Å². The zero-order chi connectivity index (χ0) is 18.2. The number of nitrogens with one attached hydrogen (secondary N) is 1. The van der Waals surface area contributed by atoms with E-state index in [-0.39, 0.29) is 24.0 Å². The van der Waals surface area contributed by atoms with Gasteiger partial charge in [-0.2, -0.15) is 0 Å². The van der Waals surface area contributed by atoms with Crippen molar-refractivity contribution in [3.05, 3.63) is 65.7 Å². The highest BCUT2D eigenvalue weighted by Gasteiger charge is 2.18. The third-order valence-electron chi connectivity index (χ3n) is 5.20. The van der Waals surface area contributed by atoms with Crippen LogP contribution in [0.1, 0.15) is 43.2 Å². The molecule has 5 heteroatoms. The lowest BCUT2D eigenvalue weighted by atomic mass is 9.94. The van der Waals surface area contributed by atoms with Crippen molar-refractivity contribution >= 4 is 35.6 Å². The summed E-state index contributed by atoms with van der Waals surface area (Å²) in [6, 6.07) is 19.2. The lowest BCUT2D eigenvalue weighted by Crippen LogP contribution is -2.33. The summed E-state index contributed by atoms with van der Waals surface area (Å²) in [6.45, 7) is 1.57. The van der Waals surface area contributed by atoms with Crippen LogP contribution < -0.4 is 11.1 Å². The summed E-state index contributed by atoms with van der Waals surface area (Å²) in [5.41, 5.74) is 9.60. The summed E-state index contributed by atoms with van der Waals surface area (Å²) in [7, 11) is 2.25. The van der Waals surface area contributed by atoms with Crippen LogP contribution in [0.4, 0.5) is 5.69 Å². The SMILES string of the molecule is CN(Cc1ccccc1CN=C(N)Nc1ccccc1)C1CCCCC1.I. The highest BCUT2D eigenvalue weighted by Crippen LogP contribution is 2.23. The van der Waals surface area contributed by atoms with E-state index in [9.17, 15) is 0 Å². The highest BCUT2D eigenvalue weighted by atomic mass is 127. The molecule has 0 bridgehead atoms. The second kappa shape index (κ2) is 11.3. The van der Waals surface area contributed by atoms with Crippen molar-refractivity contribution < 1.29 is 0 Å². The molecule has 0 radical (unpaired) electrons. The number of guanidine groups is 1. The van der Waals surface area contributed by atoms with Gasteiger partial charge >= 0.3 is 0 Å². The van der Waals surface area contributed by atoms with Crippen molar-refractivity contribution in [2.45, 2.75) is 51.2 Å². The van der Waals surface area contributed by atoms with E-state index in [0.29, 0.717) is 18.5 Å². The number of nitrogens with two attached hydrogens (primary N) is 1. The third kappa shape index (κ3) is 6.81. The molecule has 2 aromatic carbocycles. The maximum atomic E-state index is 6.05. The lowest BCUT2D eigenvalue weighted by Gasteiger charge is -2.31. The molecular weight excluding hydrogens is 447 g/mol. The number of rotatable bonds is 6. The van der Waals surface area contributed by atoms with Gasteiger partial charge in [0, 0.05) is 18.3 Å². The molecule has 3 rings (SSSR count). The molecule has 1 saturated carbocycles. The Labute approximate surface area is 180 Å². The first-order chi connectivity index (χ1) is 12.7. The van der Waals surface area contributed by atoms with Crippen LogP contribution in [0.2, 0.25) is 0 Å². The molecule has 2 aromatic rings. The van der Waals surface area contributed by atoms with E-state index in [1.807, 2.05) is 30.3 Å². The smallest absolute Gasteiger partial charge is 0.193 e. The lowest BCUT2D eigenvalue weighted by molar-refractivity contribution is 0.184. The van der Waals surface area contributed by atoms with E-state index in [2.05, 4.69) is 46.5 Å². The van der Waals surface area contributed by atoms with Gasteiger partial charge in [0.25, 0.3) is 0 Å². The second-order valence-electron chi connectivity index (χ2n) is 7.17. The first kappa shape index (κ1) is 21.7. The standard InChI is InChI=1S/C22H30N4.HI/c1-26(21-14-6-3-7-15-21)17-19-11-9-8-10-18(19)16-24-22(23)25-20-12-4-2-5-13-20;/h2,4-5,8-13,21H,3,6-7,14-17H2,1H3,(H3,23,24,25);1H. The molecule has 4 nitrogen and oxygen atoms in total. The second-order valence-corrected chi connectivity index (χ2v) is 7.17. The molecule has 0 unspecified atom stereocenters. The molecule has 0 atom stereocenters. The highest BCUT2D eigenvalue weighted by molar-refractivity contribution is 14.0. The monoisotopic (exact) mass is 478 g/mol. The topological polar surface area (TPSA) is 53.6 Å². The van der Waals surface area contributed by atoms with E-state index in [4.69, 9.17) is 5.73 Å². The minimum Gasteiger partial charge on any atom is -0.370 e. The molecule has 0 spiro atoms. The number of benzene rings is 2. The summed E-state index contributed by atoms with van der Waals surface area (Å²) in [5.74, 6) is 0.451. The minimum absolute atomic E-state index is 0. The van der Waals surface area contributed by atoms with Gasteiger partial charge in [0.15, 0.2) is 5.96 Å². The molecule has 146 valence electrons. The normalized spacial score (nSPS) is 15.4. The average molecular weight is 478 g/mol. The molecule has 27 heavy (non-hydrogen) atoms. The van der Waals surface area contributed by atoms with E-state index < -0.39 is 0 Å². The molecule has 1 aliphatic rings. The summed E-state index contributed by atoms with van der Waals surface area (Å²) in [6.07, 6.45) is 6.77. The fourth-order valence-electron chi connectivity index (χ4n) is 3.66. The quantitative estimate of drug-likeness (QED) is 0.349. The summed E-state index contributed by atoms with van der Waals surface area (Å²) in [4.78, 5) is 7.04. The van der Waals surface area contributed by atoms with E-state index >= 15 is 0 Å². The number of anilines is 1. The number of halogens is 1. The molecule has 3 N–H and O–H groups in total. The fourth-order valence-corrected chi connectivity index (χ4v) is 3.66. The first-order valence-corrected chi connectivity index (χ1v) is 9.61. The fraction of sp³-hybridized carbons (Fsp3) is 0.409. The van der Waals surface area contributed by atoms with Gasteiger partial charge in [-0.15, -0.1) is 24.0 Å². The van der Waals surface area contributed by atoms with Crippen molar-refractivity contribution in [1.82, 2.24) is 4.90 Å². The third-order valence-corrected chi connectivity index (χ3v) is 5.20. The molecule has 0 heterocycles. The van der Waals surface area contributed by atoms with Crippen LogP contribution in [0.3, 0.4) is 0 Å². The molecule has 1 fully saturated rings. The van der Waals surface area contributed by atoms with Gasteiger partial charge in [-0.1, -0.05) is 61.7 Å². The number of aliphatic imine (C=N–C) groups is 1. The Balaban J connectivity index is 0.00000261. The summed E-state index contributed by atoms with van der Waals surface area (Å²) in [5, 5.41) is 3.14. The maximum Gasteiger partial charge on any atom is 0.193 e. The molecular formula is C22H31IN4. The van der Waals surface area contributed by atoms with Gasteiger partial charge in [0.2, 0.25) is 0 Å². The Morgan fingerprint density at radius 1 is 1.00 bits per heavy atom. The van der Waals surface area contributed by atoms with Gasteiger partial charge in [-0.3, -0.25) is 4.90 Å².